The van der Waals surface area contributed by atoms with Crippen molar-refractivity contribution in [2.45, 2.75) is 52.4 Å². The summed E-state index contributed by atoms with van der Waals surface area (Å²) in [5, 5.41) is 0. The highest BCUT2D eigenvalue weighted by Crippen LogP contribution is 2.19. The Hall–Kier alpha value is -4.92. The third kappa shape index (κ3) is 12.3. The maximum atomic E-state index is 12.6. The van der Waals surface area contributed by atoms with Gasteiger partial charge in [-0.2, -0.15) is 0 Å². The molecule has 0 aromatic heterocycles. The summed E-state index contributed by atoms with van der Waals surface area (Å²) in [5.41, 5.74) is 1.57. The molecule has 9 nitrogen and oxygen atoms in total. The van der Waals surface area contributed by atoms with Gasteiger partial charge >= 0.3 is 23.9 Å². The Morgan fingerprint density at radius 2 is 1.18 bits per heavy atom. The van der Waals surface area contributed by atoms with E-state index in [0.717, 1.165) is 43.7 Å². The van der Waals surface area contributed by atoms with E-state index in [2.05, 4.69) is 6.58 Å². The molecule has 1 unspecified atom stereocenters. The van der Waals surface area contributed by atoms with Gasteiger partial charge in [0.05, 0.1) is 36.9 Å². The number of benzene rings is 3. The zero-order valence-corrected chi connectivity index (χ0v) is 25.8. The van der Waals surface area contributed by atoms with Crippen molar-refractivity contribution in [2.75, 3.05) is 19.8 Å². The van der Waals surface area contributed by atoms with E-state index in [1.807, 2.05) is 13.8 Å². The molecule has 0 aliphatic rings. The summed E-state index contributed by atoms with van der Waals surface area (Å²) >= 11 is 0. The molecule has 238 valence electrons. The van der Waals surface area contributed by atoms with Crippen molar-refractivity contribution in [2.24, 2.45) is 5.92 Å². The standard InChI is InChI=1S/C36H40O9/c1-4-26(3)34(38)43-24-9-7-6-8-23-41-30-18-12-28(13-19-30)35(39)45-32-20-14-29(15-21-32)36(40)44-31-16-10-27(11-17-31)22-25-42-33(37)5-2/h5,10-21,26H,2,4,6-9,22-25H2,1,3H3. The Bertz CT molecular complexity index is 1390. The molecular formula is C36H40O9. The van der Waals surface area contributed by atoms with Gasteiger partial charge in [0.1, 0.15) is 17.2 Å². The number of carbonyl (C=O) groups excluding carboxylic acids is 4. The van der Waals surface area contributed by atoms with Gasteiger partial charge in [0.15, 0.2) is 0 Å². The van der Waals surface area contributed by atoms with Crippen molar-refractivity contribution >= 4 is 23.9 Å². The molecule has 0 heterocycles. The molecule has 0 aliphatic heterocycles. The van der Waals surface area contributed by atoms with Crippen LogP contribution in [0.25, 0.3) is 0 Å². The monoisotopic (exact) mass is 616 g/mol. The number of unbranched alkanes of at least 4 members (excludes halogenated alkanes) is 3. The molecular weight excluding hydrogens is 576 g/mol. The van der Waals surface area contributed by atoms with Crippen LogP contribution in [0, 0.1) is 5.92 Å². The molecule has 3 aromatic carbocycles. The van der Waals surface area contributed by atoms with Gasteiger partial charge in [-0.3, -0.25) is 4.79 Å². The molecule has 0 bridgehead atoms. The number of ether oxygens (including phenoxy) is 5. The molecule has 3 rings (SSSR count). The van der Waals surface area contributed by atoms with Crippen LogP contribution in [0.2, 0.25) is 0 Å². The Labute approximate surface area is 264 Å². The van der Waals surface area contributed by atoms with Crippen LogP contribution in [0.4, 0.5) is 0 Å². The number of rotatable bonds is 18. The quantitative estimate of drug-likeness (QED) is 0.0650. The first kappa shape index (κ1) is 34.6. The van der Waals surface area contributed by atoms with Crippen LogP contribution in [-0.2, 0) is 25.5 Å². The lowest BCUT2D eigenvalue weighted by atomic mass is 10.1. The third-order valence-electron chi connectivity index (χ3n) is 6.89. The number of hydrogen-bond donors (Lipinski definition) is 0. The second-order valence-corrected chi connectivity index (χ2v) is 10.3. The Morgan fingerprint density at radius 1 is 0.667 bits per heavy atom. The SMILES string of the molecule is C=CC(=O)OCCc1ccc(OC(=O)c2ccc(OC(=O)c3ccc(OCCCCCCOC(=O)C(C)CC)cc3)cc2)cc1. The summed E-state index contributed by atoms with van der Waals surface area (Å²) in [5.74, 6) is -0.448. The van der Waals surface area contributed by atoms with Crippen molar-refractivity contribution in [3.05, 3.63) is 102 Å². The lowest BCUT2D eigenvalue weighted by Gasteiger charge is -2.09. The van der Waals surface area contributed by atoms with E-state index >= 15 is 0 Å². The molecule has 0 aliphatic carbocycles. The van der Waals surface area contributed by atoms with Gasteiger partial charge in [-0.15, -0.1) is 0 Å². The van der Waals surface area contributed by atoms with Crippen LogP contribution < -0.4 is 14.2 Å². The van der Waals surface area contributed by atoms with E-state index in [0.29, 0.717) is 42.3 Å². The van der Waals surface area contributed by atoms with E-state index in [1.54, 1.807) is 48.5 Å². The Balaban J connectivity index is 1.35. The van der Waals surface area contributed by atoms with Gasteiger partial charge in [0.2, 0.25) is 0 Å². The third-order valence-corrected chi connectivity index (χ3v) is 6.89. The summed E-state index contributed by atoms with van der Waals surface area (Å²) in [6.07, 6.45) is 6.04. The largest absolute Gasteiger partial charge is 0.494 e. The van der Waals surface area contributed by atoms with Gasteiger partial charge in [-0.1, -0.05) is 32.6 Å². The van der Waals surface area contributed by atoms with Crippen LogP contribution in [-0.4, -0.2) is 43.7 Å². The fourth-order valence-electron chi connectivity index (χ4n) is 3.96. The van der Waals surface area contributed by atoms with Gasteiger partial charge < -0.3 is 23.7 Å². The predicted octanol–water partition coefficient (Wildman–Crippen LogP) is 6.93. The van der Waals surface area contributed by atoms with E-state index in [4.69, 9.17) is 23.7 Å². The van der Waals surface area contributed by atoms with Gasteiger partial charge in [-0.05, 0) is 98.3 Å². The molecule has 0 spiro atoms. The molecule has 0 amide bonds. The van der Waals surface area contributed by atoms with E-state index in [-0.39, 0.29) is 24.2 Å². The van der Waals surface area contributed by atoms with Crippen LogP contribution in [0.1, 0.15) is 72.2 Å². The zero-order valence-electron chi connectivity index (χ0n) is 25.8. The van der Waals surface area contributed by atoms with Crippen LogP contribution >= 0.6 is 0 Å². The molecule has 0 fully saturated rings. The summed E-state index contributed by atoms with van der Waals surface area (Å²) in [6.45, 7) is 8.41. The highest BCUT2D eigenvalue weighted by Gasteiger charge is 2.13. The minimum atomic E-state index is -0.557. The molecule has 0 N–H and O–H groups in total. The Kier molecular flexibility index (Phi) is 14.3. The summed E-state index contributed by atoms with van der Waals surface area (Å²) < 4.78 is 26.8. The van der Waals surface area contributed by atoms with E-state index in [9.17, 15) is 19.2 Å². The van der Waals surface area contributed by atoms with Crippen molar-refractivity contribution in [3.63, 3.8) is 0 Å². The fourth-order valence-corrected chi connectivity index (χ4v) is 3.96. The number of hydrogen-bond acceptors (Lipinski definition) is 9. The van der Waals surface area contributed by atoms with Crippen molar-refractivity contribution < 1.29 is 42.9 Å². The van der Waals surface area contributed by atoms with Crippen LogP contribution in [0.5, 0.6) is 17.2 Å². The van der Waals surface area contributed by atoms with Gasteiger partial charge in [0, 0.05) is 12.5 Å². The number of carbonyl (C=O) groups is 4. The molecule has 0 saturated carbocycles. The summed E-state index contributed by atoms with van der Waals surface area (Å²) in [7, 11) is 0. The zero-order chi connectivity index (χ0) is 32.4. The molecule has 0 radical (unpaired) electrons. The molecule has 9 heteroatoms. The highest BCUT2D eigenvalue weighted by molar-refractivity contribution is 5.92. The van der Waals surface area contributed by atoms with E-state index < -0.39 is 17.9 Å². The minimum absolute atomic E-state index is 0.0518. The van der Waals surface area contributed by atoms with Gasteiger partial charge in [-0.25, -0.2) is 14.4 Å². The van der Waals surface area contributed by atoms with Crippen LogP contribution in [0.15, 0.2) is 85.5 Å². The summed E-state index contributed by atoms with van der Waals surface area (Å²) in [4.78, 5) is 47.9. The van der Waals surface area contributed by atoms with Crippen molar-refractivity contribution in [3.8, 4) is 17.2 Å². The van der Waals surface area contributed by atoms with Crippen LogP contribution in [0.3, 0.4) is 0 Å². The lowest BCUT2D eigenvalue weighted by molar-refractivity contribution is -0.148. The normalized spacial score (nSPS) is 11.2. The Morgan fingerprint density at radius 3 is 1.71 bits per heavy atom. The second-order valence-electron chi connectivity index (χ2n) is 10.3. The molecule has 45 heavy (non-hydrogen) atoms. The highest BCUT2D eigenvalue weighted by atomic mass is 16.5. The summed E-state index contributed by atoms with van der Waals surface area (Å²) in [6, 6.07) is 19.7. The van der Waals surface area contributed by atoms with E-state index in [1.165, 1.54) is 24.3 Å². The van der Waals surface area contributed by atoms with Gasteiger partial charge in [0.25, 0.3) is 0 Å². The average molecular weight is 617 g/mol. The fraction of sp³-hybridized carbons (Fsp3) is 0.333. The first-order valence-corrected chi connectivity index (χ1v) is 15.1. The smallest absolute Gasteiger partial charge is 0.343 e. The molecule has 3 aromatic rings. The molecule has 1 atom stereocenters. The molecule has 0 saturated heterocycles. The average Bonchev–Trinajstić information content (AvgIpc) is 3.06. The minimum Gasteiger partial charge on any atom is -0.494 e. The van der Waals surface area contributed by atoms with Crippen molar-refractivity contribution in [1.82, 2.24) is 0 Å². The maximum Gasteiger partial charge on any atom is 0.343 e. The maximum absolute atomic E-state index is 12.6. The van der Waals surface area contributed by atoms with Crippen molar-refractivity contribution in [1.29, 1.82) is 0 Å². The topological polar surface area (TPSA) is 114 Å². The first-order chi connectivity index (χ1) is 21.8. The lowest BCUT2D eigenvalue weighted by Crippen LogP contribution is -2.14. The predicted molar refractivity (Wildman–Crippen MR) is 168 cm³/mol. The number of esters is 4. The second kappa shape index (κ2) is 18.7. The first-order valence-electron chi connectivity index (χ1n) is 15.1.